The second-order valence-corrected chi connectivity index (χ2v) is 8.55. The van der Waals surface area contributed by atoms with Crippen molar-refractivity contribution in [1.82, 2.24) is 9.88 Å². The van der Waals surface area contributed by atoms with Gasteiger partial charge in [0.1, 0.15) is 5.82 Å². The first-order chi connectivity index (χ1) is 12.5. The van der Waals surface area contributed by atoms with Crippen LogP contribution in [0, 0.1) is 5.41 Å². The van der Waals surface area contributed by atoms with Gasteiger partial charge in [0.05, 0.1) is 5.52 Å². The lowest BCUT2D eigenvalue weighted by Crippen LogP contribution is -2.53. The number of piperidine rings is 2. The monoisotopic (exact) mass is 371 g/mol. The molecule has 5 heteroatoms. The van der Waals surface area contributed by atoms with Crippen molar-refractivity contribution in [2.45, 2.75) is 45.6 Å². The van der Waals surface area contributed by atoms with Gasteiger partial charge in [-0.2, -0.15) is 0 Å². The van der Waals surface area contributed by atoms with Gasteiger partial charge in [-0.1, -0.05) is 11.6 Å². The van der Waals surface area contributed by atoms with Crippen LogP contribution in [-0.2, 0) is 4.79 Å². The summed E-state index contributed by atoms with van der Waals surface area (Å²) >= 11 is 6.07. The largest absolute Gasteiger partial charge is 0.357 e. The molecule has 2 fully saturated rings. The lowest BCUT2D eigenvalue weighted by atomic mass is 9.72. The van der Waals surface area contributed by atoms with E-state index in [1.807, 2.05) is 18.2 Å². The molecule has 138 valence electrons. The van der Waals surface area contributed by atoms with Crippen molar-refractivity contribution in [3.8, 4) is 0 Å². The van der Waals surface area contributed by atoms with E-state index in [1.54, 1.807) is 0 Å². The lowest BCUT2D eigenvalue weighted by molar-refractivity contribution is -0.140. The smallest absolute Gasteiger partial charge is 0.222 e. The summed E-state index contributed by atoms with van der Waals surface area (Å²) in [6.45, 7) is 7.17. The summed E-state index contributed by atoms with van der Waals surface area (Å²) in [5, 5.41) is 1.82. The van der Waals surface area contributed by atoms with E-state index >= 15 is 0 Å². The predicted octanol–water partition coefficient (Wildman–Crippen LogP) is 4.51. The highest BCUT2D eigenvalue weighted by Gasteiger charge is 2.41. The molecular weight excluding hydrogens is 346 g/mol. The van der Waals surface area contributed by atoms with Gasteiger partial charge in [-0.05, 0) is 68.9 Å². The van der Waals surface area contributed by atoms with E-state index in [2.05, 4.69) is 35.8 Å². The summed E-state index contributed by atoms with van der Waals surface area (Å²) in [6.07, 6.45) is 3.99. The summed E-state index contributed by atoms with van der Waals surface area (Å²) in [6, 6.07) is 10.3. The van der Waals surface area contributed by atoms with E-state index < -0.39 is 0 Å². The van der Waals surface area contributed by atoms with Gasteiger partial charge in [0, 0.05) is 42.5 Å². The second-order valence-electron chi connectivity index (χ2n) is 8.11. The number of likely N-dealkylation sites (tertiary alicyclic amines) is 1. The number of hydrogen-bond acceptors (Lipinski definition) is 3. The fraction of sp³-hybridized carbons (Fsp3) is 0.524. The van der Waals surface area contributed by atoms with E-state index in [0.717, 1.165) is 60.6 Å². The highest BCUT2D eigenvalue weighted by atomic mass is 35.5. The van der Waals surface area contributed by atoms with E-state index in [0.29, 0.717) is 23.8 Å². The molecule has 1 amide bonds. The number of fused-ring (bicyclic) bond motifs is 1. The van der Waals surface area contributed by atoms with Crippen molar-refractivity contribution in [3.63, 3.8) is 0 Å². The first-order valence-corrected chi connectivity index (χ1v) is 9.94. The van der Waals surface area contributed by atoms with Gasteiger partial charge in [0.25, 0.3) is 0 Å². The maximum absolute atomic E-state index is 12.2. The van der Waals surface area contributed by atoms with Gasteiger partial charge in [-0.3, -0.25) is 4.79 Å². The van der Waals surface area contributed by atoms with Gasteiger partial charge in [-0.15, -0.1) is 0 Å². The Morgan fingerprint density at radius 1 is 1.12 bits per heavy atom. The van der Waals surface area contributed by atoms with Crippen molar-refractivity contribution in [3.05, 3.63) is 35.4 Å². The molecule has 0 N–H and O–H groups in total. The molecule has 0 bridgehead atoms. The third-order valence-corrected chi connectivity index (χ3v) is 6.34. The van der Waals surface area contributed by atoms with E-state index in [4.69, 9.17) is 16.6 Å². The molecule has 2 aromatic rings. The van der Waals surface area contributed by atoms with Crippen molar-refractivity contribution in [1.29, 1.82) is 0 Å². The summed E-state index contributed by atoms with van der Waals surface area (Å²) in [5.41, 5.74) is 1.28. The van der Waals surface area contributed by atoms with E-state index in [9.17, 15) is 4.79 Å². The number of benzene rings is 1. The molecule has 2 aliphatic rings. The molecule has 26 heavy (non-hydrogen) atoms. The maximum Gasteiger partial charge on any atom is 0.222 e. The van der Waals surface area contributed by atoms with Crippen LogP contribution in [-0.4, -0.2) is 41.5 Å². The number of pyridine rings is 1. The van der Waals surface area contributed by atoms with Crippen LogP contribution >= 0.6 is 11.6 Å². The molecule has 1 spiro atoms. The Labute approximate surface area is 160 Å². The minimum absolute atomic E-state index is 0.291. The van der Waals surface area contributed by atoms with Gasteiger partial charge in [0.15, 0.2) is 0 Å². The molecule has 1 aromatic heterocycles. The molecule has 2 aliphatic heterocycles. The topological polar surface area (TPSA) is 36.4 Å². The Balaban J connectivity index is 1.48. The van der Waals surface area contributed by atoms with Crippen molar-refractivity contribution in [2.24, 2.45) is 5.41 Å². The molecule has 0 atom stereocenters. The van der Waals surface area contributed by atoms with Gasteiger partial charge in [-0.25, -0.2) is 4.98 Å². The summed E-state index contributed by atoms with van der Waals surface area (Å²) in [7, 11) is 0. The molecule has 3 heterocycles. The third kappa shape index (κ3) is 3.27. The molecule has 0 aliphatic carbocycles. The number of rotatable bonds is 2. The average Bonchev–Trinajstić information content (AvgIpc) is 2.64. The fourth-order valence-electron chi connectivity index (χ4n) is 4.39. The first kappa shape index (κ1) is 17.6. The number of aromatic nitrogens is 1. The number of hydrogen-bond donors (Lipinski definition) is 0. The molecular formula is C21H26ClN3O. The maximum atomic E-state index is 12.2. The summed E-state index contributed by atoms with van der Waals surface area (Å²) < 4.78 is 0. The Morgan fingerprint density at radius 3 is 2.62 bits per heavy atom. The van der Waals surface area contributed by atoms with Crippen LogP contribution in [0.15, 0.2) is 30.3 Å². The normalized spacial score (nSPS) is 20.4. The highest BCUT2D eigenvalue weighted by molar-refractivity contribution is 6.31. The zero-order valence-electron chi connectivity index (χ0n) is 15.5. The number of nitrogens with zero attached hydrogens (tertiary/aromatic N) is 3. The van der Waals surface area contributed by atoms with E-state index in [1.165, 1.54) is 0 Å². The first-order valence-electron chi connectivity index (χ1n) is 9.57. The summed E-state index contributed by atoms with van der Waals surface area (Å²) in [4.78, 5) is 21.5. The van der Waals surface area contributed by atoms with Crippen molar-refractivity contribution < 1.29 is 4.79 Å². The molecule has 0 unspecified atom stereocenters. The quantitative estimate of drug-likeness (QED) is 0.779. The number of carbonyl (C=O) groups excluding carboxylic acids is 1. The van der Waals surface area contributed by atoms with Crippen LogP contribution < -0.4 is 4.90 Å². The standard InChI is InChI=1S/C21H26ClN3O/c1-15(2)25-14-21(8-7-20(25)26)9-11-24(12-10-21)19-6-3-16-13-17(22)4-5-18(16)23-19/h3-6,13,15H,7-12,14H2,1-2H3. The molecule has 0 saturated carbocycles. The SMILES string of the molecule is CC(C)N1CC2(CCC1=O)CCN(c1ccc3cc(Cl)ccc3n1)CC2. The Morgan fingerprint density at radius 2 is 1.88 bits per heavy atom. The minimum Gasteiger partial charge on any atom is -0.357 e. The van der Waals surface area contributed by atoms with Crippen LogP contribution in [0.5, 0.6) is 0 Å². The fourth-order valence-corrected chi connectivity index (χ4v) is 4.58. The number of halogens is 1. The Kier molecular flexibility index (Phi) is 4.55. The molecule has 1 aromatic carbocycles. The van der Waals surface area contributed by atoms with Gasteiger partial charge in [0.2, 0.25) is 5.91 Å². The number of carbonyl (C=O) groups is 1. The van der Waals surface area contributed by atoms with Crippen molar-refractivity contribution in [2.75, 3.05) is 24.5 Å². The van der Waals surface area contributed by atoms with Crippen LogP contribution in [0.1, 0.15) is 39.5 Å². The predicted molar refractivity (Wildman–Crippen MR) is 107 cm³/mol. The third-order valence-electron chi connectivity index (χ3n) is 6.10. The van der Waals surface area contributed by atoms with Crippen LogP contribution in [0.3, 0.4) is 0 Å². The van der Waals surface area contributed by atoms with E-state index in [-0.39, 0.29) is 0 Å². The van der Waals surface area contributed by atoms with Crippen LogP contribution in [0.4, 0.5) is 5.82 Å². The molecule has 0 radical (unpaired) electrons. The minimum atomic E-state index is 0.291. The van der Waals surface area contributed by atoms with Crippen LogP contribution in [0.2, 0.25) is 5.02 Å². The average molecular weight is 372 g/mol. The number of anilines is 1. The van der Waals surface area contributed by atoms with Crippen molar-refractivity contribution >= 4 is 34.2 Å². The molecule has 4 nitrogen and oxygen atoms in total. The lowest BCUT2D eigenvalue weighted by Gasteiger charge is -2.48. The highest BCUT2D eigenvalue weighted by Crippen LogP contribution is 2.41. The van der Waals surface area contributed by atoms with Gasteiger partial charge >= 0.3 is 0 Å². The van der Waals surface area contributed by atoms with Crippen LogP contribution in [0.25, 0.3) is 10.9 Å². The number of amides is 1. The zero-order valence-corrected chi connectivity index (χ0v) is 16.3. The second kappa shape index (κ2) is 6.73. The summed E-state index contributed by atoms with van der Waals surface area (Å²) in [5.74, 6) is 1.37. The van der Waals surface area contributed by atoms with Gasteiger partial charge < -0.3 is 9.80 Å². The molecule has 2 saturated heterocycles. The Hall–Kier alpha value is -1.81. The molecule has 4 rings (SSSR count). The zero-order chi connectivity index (χ0) is 18.3. The Bertz CT molecular complexity index is 827.